The minimum Gasteiger partial charge on any atom is -0.476 e. The summed E-state index contributed by atoms with van der Waals surface area (Å²) < 4.78 is 1.80. The Kier molecular flexibility index (Phi) is 3.23. The highest BCUT2D eigenvalue weighted by Gasteiger charge is 2.14. The van der Waals surface area contributed by atoms with Gasteiger partial charge in [0.05, 0.1) is 11.2 Å². The molecule has 0 atom stereocenters. The molecule has 2 aromatic rings. The average molecular weight is 247 g/mol. The molecule has 0 saturated heterocycles. The Morgan fingerprint density at radius 2 is 2.22 bits per heavy atom. The summed E-state index contributed by atoms with van der Waals surface area (Å²) in [7, 11) is 0. The van der Waals surface area contributed by atoms with E-state index in [1.807, 2.05) is 12.3 Å². The van der Waals surface area contributed by atoms with Gasteiger partial charge in [-0.2, -0.15) is 0 Å². The average Bonchev–Trinajstić information content (AvgIpc) is 2.64. The number of aromatic carboxylic acids is 1. The van der Waals surface area contributed by atoms with Gasteiger partial charge >= 0.3 is 5.97 Å². The fourth-order valence-electron chi connectivity index (χ4n) is 1.82. The first-order valence-electron chi connectivity index (χ1n) is 5.95. The van der Waals surface area contributed by atoms with Crippen LogP contribution >= 0.6 is 0 Å². The predicted octanol–water partition coefficient (Wildman–Crippen LogP) is 2.41. The van der Waals surface area contributed by atoms with E-state index in [4.69, 9.17) is 5.11 Å². The molecule has 18 heavy (non-hydrogen) atoms. The molecule has 0 amide bonds. The zero-order valence-corrected chi connectivity index (χ0v) is 10.8. The van der Waals surface area contributed by atoms with Crippen molar-refractivity contribution in [3.63, 3.8) is 0 Å². The Balaban J connectivity index is 2.40. The van der Waals surface area contributed by atoms with Crippen molar-refractivity contribution in [1.82, 2.24) is 9.38 Å². The molecule has 0 aromatic carbocycles. The molecule has 96 valence electrons. The minimum absolute atomic E-state index is 0.0999. The van der Waals surface area contributed by atoms with Gasteiger partial charge in [0.2, 0.25) is 0 Å². The van der Waals surface area contributed by atoms with Crippen LogP contribution in [0.4, 0.5) is 5.69 Å². The first-order valence-corrected chi connectivity index (χ1v) is 5.95. The van der Waals surface area contributed by atoms with Crippen LogP contribution in [0.2, 0.25) is 0 Å². The molecule has 0 aliphatic heterocycles. The SMILES string of the molecule is Cc1nc(C(=O)O)c2ccc(NCC(C)C)cn12. The molecular weight excluding hydrogens is 230 g/mol. The van der Waals surface area contributed by atoms with E-state index in [-0.39, 0.29) is 5.69 Å². The summed E-state index contributed by atoms with van der Waals surface area (Å²) in [5.74, 6) is 0.234. The van der Waals surface area contributed by atoms with Crippen molar-refractivity contribution in [3.8, 4) is 0 Å². The smallest absolute Gasteiger partial charge is 0.356 e. The summed E-state index contributed by atoms with van der Waals surface area (Å²) in [5.41, 5.74) is 1.69. The fraction of sp³-hybridized carbons (Fsp3) is 0.385. The Morgan fingerprint density at radius 3 is 2.83 bits per heavy atom. The molecule has 0 bridgehead atoms. The van der Waals surface area contributed by atoms with Gasteiger partial charge in [-0.15, -0.1) is 0 Å². The van der Waals surface area contributed by atoms with Crippen LogP contribution in [-0.2, 0) is 0 Å². The number of anilines is 1. The number of hydrogen-bond acceptors (Lipinski definition) is 3. The van der Waals surface area contributed by atoms with Gasteiger partial charge in [-0.1, -0.05) is 13.8 Å². The molecule has 2 aromatic heterocycles. The van der Waals surface area contributed by atoms with Crippen LogP contribution in [-0.4, -0.2) is 27.0 Å². The Hall–Kier alpha value is -2.04. The lowest BCUT2D eigenvalue weighted by atomic mass is 10.2. The van der Waals surface area contributed by atoms with Crippen molar-refractivity contribution in [2.45, 2.75) is 20.8 Å². The number of aromatic nitrogens is 2. The highest BCUT2D eigenvalue weighted by molar-refractivity contribution is 5.93. The highest BCUT2D eigenvalue weighted by Crippen LogP contribution is 2.17. The predicted molar refractivity (Wildman–Crippen MR) is 70.2 cm³/mol. The van der Waals surface area contributed by atoms with E-state index in [0.717, 1.165) is 12.2 Å². The van der Waals surface area contributed by atoms with Crippen molar-refractivity contribution in [2.75, 3.05) is 11.9 Å². The molecule has 2 heterocycles. The van der Waals surface area contributed by atoms with Crippen molar-refractivity contribution in [3.05, 3.63) is 29.8 Å². The van der Waals surface area contributed by atoms with E-state index >= 15 is 0 Å². The second-order valence-electron chi connectivity index (χ2n) is 4.76. The monoisotopic (exact) mass is 247 g/mol. The fourth-order valence-corrected chi connectivity index (χ4v) is 1.82. The number of nitrogens with zero attached hydrogens (tertiary/aromatic N) is 2. The summed E-state index contributed by atoms with van der Waals surface area (Å²) >= 11 is 0. The molecule has 0 fully saturated rings. The molecule has 0 spiro atoms. The zero-order valence-electron chi connectivity index (χ0n) is 10.8. The second-order valence-corrected chi connectivity index (χ2v) is 4.76. The Labute approximate surface area is 105 Å². The molecule has 2 rings (SSSR count). The number of hydrogen-bond donors (Lipinski definition) is 2. The lowest BCUT2D eigenvalue weighted by Crippen LogP contribution is -2.08. The van der Waals surface area contributed by atoms with Crippen LogP contribution in [0, 0.1) is 12.8 Å². The molecule has 0 aliphatic rings. The lowest BCUT2D eigenvalue weighted by Gasteiger charge is -2.09. The van der Waals surface area contributed by atoms with Gasteiger partial charge in [-0.25, -0.2) is 9.78 Å². The van der Waals surface area contributed by atoms with Crippen LogP contribution in [0.25, 0.3) is 5.52 Å². The third kappa shape index (κ3) is 2.30. The maximum Gasteiger partial charge on any atom is 0.356 e. The molecule has 5 nitrogen and oxygen atoms in total. The summed E-state index contributed by atoms with van der Waals surface area (Å²) in [6.07, 6.45) is 1.88. The standard InChI is InChI=1S/C13H17N3O2/c1-8(2)6-14-10-4-5-11-12(13(17)18)15-9(3)16(11)7-10/h4-5,7-8,14H,6H2,1-3H3,(H,17,18). The van der Waals surface area contributed by atoms with Crippen molar-refractivity contribution in [1.29, 1.82) is 0 Å². The van der Waals surface area contributed by atoms with Crippen LogP contribution < -0.4 is 5.32 Å². The largest absolute Gasteiger partial charge is 0.476 e. The third-order valence-corrected chi connectivity index (χ3v) is 2.73. The van der Waals surface area contributed by atoms with Gasteiger partial charge in [0.1, 0.15) is 5.82 Å². The Bertz CT molecular complexity index is 587. The number of carboxylic acids is 1. The first-order chi connectivity index (χ1) is 8.49. The minimum atomic E-state index is -0.997. The molecule has 2 N–H and O–H groups in total. The molecule has 5 heteroatoms. The van der Waals surface area contributed by atoms with E-state index in [0.29, 0.717) is 17.3 Å². The van der Waals surface area contributed by atoms with E-state index in [9.17, 15) is 4.79 Å². The van der Waals surface area contributed by atoms with Gasteiger partial charge < -0.3 is 14.8 Å². The molecular formula is C13H17N3O2. The normalized spacial score (nSPS) is 11.1. The maximum atomic E-state index is 11.0. The second kappa shape index (κ2) is 4.68. The summed E-state index contributed by atoms with van der Waals surface area (Å²) in [6, 6.07) is 3.66. The summed E-state index contributed by atoms with van der Waals surface area (Å²) in [4.78, 5) is 15.1. The number of rotatable bonds is 4. The number of pyridine rings is 1. The third-order valence-electron chi connectivity index (χ3n) is 2.73. The number of fused-ring (bicyclic) bond motifs is 1. The van der Waals surface area contributed by atoms with Gasteiger partial charge in [0.15, 0.2) is 5.69 Å². The molecule has 0 saturated carbocycles. The number of carbonyl (C=O) groups is 1. The van der Waals surface area contributed by atoms with E-state index in [1.165, 1.54) is 0 Å². The van der Waals surface area contributed by atoms with Gasteiger partial charge in [-0.05, 0) is 25.0 Å². The molecule has 0 radical (unpaired) electrons. The number of aryl methyl sites for hydroxylation is 1. The number of carboxylic acid groups (broad SMARTS) is 1. The number of imidazole rings is 1. The Morgan fingerprint density at radius 1 is 1.50 bits per heavy atom. The van der Waals surface area contributed by atoms with Gasteiger partial charge in [0.25, 0.3) is 0 Å². The van der Waals surface area contributed by atoms with E-state index in [1.54, 1.807) is 17.4 Å². The van der Waals surface area contributed by atoms with Crippen LogP contribution in [0.5, 0.6) is 0 Å². The van der Waals surface area contributed by atoms with Crippen molar-refractivity contribution in [2.24, 2.45) is 5.92 Å². The zero-order chi connectivity index (χ0) is 13.3. The molecule has 0 unspecified atom stereocenters. The van der Waals surface area contributed by atoms with Crippen LogP contribution in [0.15, 0.2) is 18.3 Å². The van der Waals surface area contributed by atoms with Gasteiger partial charge in [0, 0.05) is 12.7 Å². The topological polar surface area (TPSA) is 66.6 Å². The quantitative estimate of drug-likeness (QED) is 0.870. The van der Waals surface area contributed by atoms with Crippen LogP contribution in [0.1, 0.15) is 30.2 Å². The summed E-state index contributed by atoms with van der Waals surface area (Å²) in [5, 5.41) is 12.4. The number of nitrogens with one attached hydrogen (secondary N) is 1. The first kappa shape index (κ1) is 12.4. The van der Waals surface area contributed by atoms with Gasteiger partial charge in [-0.3, -0.25) is 0 Å². The molecule has 0 aliphatic carbocycles. The van der Waals surface area contributed by atoms with Crippen molar-refractivity contribution >= 4 is 17.2 Å². The van der Waals surface area contributed by atoms with Crippen molar-refractivity contribution < 1.29 is 9.90 Å². The van der Waals surface area contributed by atoms with E-state index < -0.39 is 5.97 Å². The highest BCUT2D eigenvalue weighted by atomic mass is 16.4. The summed E-state index contributed by atoms with van der Waals surface area (Å²) in [6.45, 7) is 6.95. The maximum absolute atomic E-state index is 11.0. The lowest BCUT2D eigenvalue weighted by molar-refractivity contribution is 0.0693. The van der Waals surface area contributed by atoms with E-state index in [2.05, 4.69) is 24.1 Å². The van der Waals surface area contributed by atoms with Crippen LogP contribution in [0.3, 0.4) is 0 Å².